The predicted molar refractivity (Wildman–Crippen MR) is 57.3 cm³/mol. The van der Waals surface area contributed by atoms with E-state index >= 15 is 0 Å². The van der Waals surface area contributed by atoms with Gasteiger partial charge in [-0.05, 0) is 5.56 Å². The van der Waals surface area contributed by atoms with E-state index in [4.69, 9.17) is 9.47 Å². The van der Waals surface area contributed by atoms with E-state index in [2.05, 4.69) is 18.7 Å². The Balaban J connectivity index is 1.75. The molecule has 1 saturated heterocycles. The van der Waals surface area contributed by atoms with Gasteiger partial charge in [0.2, 0.25) is 0 Å². The standard InChI is InChI=1S/C13H14O2/c1-2-11-8-13(11)14-9-12(15-13)10-6-4-3-5-7-10/h2-7,11-12H,1,8-9H2. The van der Waals surface area contributed by atoms with Crippen LogP contribution in [0.3, 0.4) is 0 Å². The zero-order valence-corrected chi connectivity index (χ0v) is 8.56. The molecule has 1 heterocycles. The maximum Gasteiger partial charge on any atom is 0.176 e. The minimum atomic E-state index is -0.331. The molecule has 0 radical (unpaired) electrons. The first-order valence-corrected chi connectivity index (χ1v) is 5.33. The van der Waals surface area contributed by atoms with Crippen LogP contribution < -0.4 is 0 Å². The fourth-order valence-electron chi connectivity index (χ4n) is 2.17. The first-order valence-electron chi connectivity index (χ1n) is 5.33. The monoisotopic (exact) mass is 202 g/mol. The largest absolute Gasteiger partial charge is 0.346 e. The number of benzene rings is 1. The molecule has 78 valence electrons. The molecule has 2 fully saturated rings. The van der Waals surface area contributed by atoms with Crippen LogP contribution in [0, 0.1) is 5.92 Å². The fourth-order valence-corrected chi connectivity index (χ4v) is 2.17. The molecular formula is C13H14O2. The Hall–Kier alpha value is -1.12. The molecule has 1 aliphatic carbocycles. The third-order valence-electron chi connectivity index (χ3n) is 3.19. The third kappa shape index (κ3) is 1.41. The Bertz CT molecular complexity index is 373. The molecule has 1 aromatic carbocycles. The van der Waals surface area contributed by atoms with Crippen molar-refractivity contribution in [3.63, 3.8) is 0 Å². The highest BCUT2D eigenvalue weighted by atomic mass is 16.8. The molecule has 0 bridgehead atoms. The van der Waals surface area contributed by atoms with Crippen molar-refractivity contribution in [1.29, 1.82) is 0 Å². The summed E-state index contributed by atoms with van der Waals surface area (Å²) < 4.78 is 11.7. The molecule has 1 saturated carbocycles. The maximum absolute atomic E-state index is 5.96. The van der Waals surface area contributed by atoms with E-state index in [9.17, 15) is 0 Å². The summed E-state index contributed by atoms with van der Waals surface area (Å²) >= 11 is 0. The summed E-state index contributed by atoms with van der Waals surface area (Å²) in [6.07, 6.45) is 2.98. The molecule has 2 nitrogen and oxygen atoms in total. The van der Waals surface area contributed by atoms with Crippen molar-refractivity contribution in [3.05, 3.63) is 48.6 Å². The smallest absolute Gasteiger partial charge is 0.176 e. The van der Waals surface area contributed by atoms with Crippen molar-refractivity contribution < 1.29 is 9.47 Å². The minimum absolute atomic E-state index is 0.0937. The van der Waals surface area contributed by atoms with Gasteiger partial charge in [-0.2, -0.15) is 0 Å². The Labute approximate surface area is 89.5 Å². The fraction of sp³-hybridized carbons (Fsp3) is 0.385. The second-order valence-corrected chi connectivity index (χ2v) is 4.19. The molecule has 3 unspecified atom stereocenters. The quantitative estimate of drug-likeness (QED) is 0.686. The van der Waals surface area contributed by atoms with Gasteiger partial charge in [-0.3, -0.25) is 0 Å². The van der Waals surface area contributed by atoms with Gasteiger partial charge in [-0.1, -0.05) is 36.4 Å². The Kier molecular flexibility index (Phi) is 1.94. The molecule has 1 aromatic rings. The van der Waals surface area contributed by atoms with Crippen LogP contribution in [0.1, 0.15) is 18.1 Å². The molecule has 15 heavy (non-hydrogen) atoms. The first kappa shape index (κ1) is 9.13. The molecular weight excluding hydrogens is 188 g/mol. The lowest BCUT2D eigenvalue weighted by molar-refractivity contribution is -0.0922. The van der Waals surface area contributed by atoms with Crippen LogP contribution in [0.4, 0.5) is 0 Å². The van der Waals surface area contributed by atoms with Crippen molar-refractivity contribution in [2.75, 3.05) is 6.61 Å². The zero-order chi connectivity index (χ0) is 10.3. The van der Waals surface area contributed by atoms with Gasteiger partial charge < -0.3 is 9.47 Å². The van der Waals surface area contributed by atoms with Gasteiger partial charge in [0.05, 0.1) is 6.61 Å². The zero-order valence-electron chi connectivity index (χ0n) is 8.56. The van der Waals surface area contributed by atoms with Crippen molar-refractivity contribution in [2.45, 2.75) is 18.3 Å². The van der Waals surface area contributed by atoms with Crippen LogP contribution >= 0.6 is 0 Å². The highest BCUT2D eigenvalue weighted by molar-refractivity contribution is 5.20. The van der Waals surface area contributed by atoms with Crippen LogP contribution in [0.15, 0.2) is 43.0 Å². The molecule has 2 aliphatic rings. The summed E-state index contributed by atoms with van der Waals surface area (Å²) in [6.45, 7) is 4.44. The highest BCUT2D eigenvalue weighted by Crippen LogP contribution is 2.54. The summed E-state index contributed by atoms with van der Waals surface area (Å²) in [5.74, 6) is 0.0497. The average Bonchev–Trinajstić information content (AvgIpc) is 2.79. The molecule has 0 N–H and O–H groups in total. The Morgan fingerprint density at radius 2 is 2.13 bits per heavy atom. The molecule has 1 aliphatic heterocycles. The van der Waals surface area contributed by atoms with Gasteiger partial charge in [-0.15, -0.1) is 6.58 Å². The molecule has 3 atom stereocenters. The van der Waals surface area contributed by atoms with Crippen molar-refractivity contribution in [2.24, 2.45) is 5.92 Å². The number of rotatable bonds is 2. The molecule has 0 amide bonds. The van der Waals surface area contributed by atoms with Crippen LogP contribution in [-0.2, 0) is 9.47 Å². The second-order valence-electron chi connectivity index (χ2n) is 4.19. The third-order valence-corrected chi connectivity index (χ3v) is 3.19. The Morgan fingerprint density at radius 3 is 2.80 bits per heavy atom. The van der Waals surface area contributed by atoms with Crippen LogP contribution in [0.5, 0.6) is 0 Å². The van der Waals surface area contributed by atoms with E-state index in [1.807, 2.05) is 24.3 Å². The van der Waals surface area contributed by atoms with Gasteiger partial charge in [0.1, 0.15) is 6.10 Å². The van der Waals surface area contributed by atoms with Gasteiger partial charge >= 0.3 is 0 Å². The molecule has 2 heteroatoms. The second kappa shape index (κ2) is 3.19. The lowest BCUT2D eigenvalue weighted by atomic mass is 10.1. The SMILES string of the molecule is C=CC1CC12OCC(c1ccccc1)O2. The maximum atomic E-state index is 5.96. The summed E-state index contributed by atoms with van der Waals surface area (Å²) in [4.78, 5) is 0. The van der Waals surface area contributed by atoms with Crippen molar-refractivity contribution >= 4 is 0 Å². The lowest BCUT2D eigenvalue weighted by Gasteiger charge is -2.10. The van der Waals surface area contributed by atoms with E-state index in [-0.39, 0.29) is 11.9 Å². The molecule has 0 aromatic heterocycles. The van der Waals surface area contributed by atoms with E-state index in [1.54, 1.807) is 0 Å². The van der Waals surface area contributed by atoms with Crippen LogP contribution in [0.2, 0.25) is 0 Å². The topological polar surface area (TPSA) is 18.5 Å². The number of hydrogen-bond acceptors (Lipinski definition) is 2. The molecule has 1 spiro atoms. The van der Waals surface area contributed by atoms with Gasteiger partial charge in [0.25, 0.3) is 0 Å². The van der Waals surface area contributed by atoms with Crippen LogP contribution in [0.25, 0.3) is 0 Å². The van der Waals surface area contributed by atoms with Gasteiger partial charge in [-0.25, -0.2) is 0 Å². The van der Waals surface area contributed by atoms with E-state index in [1.165, 1.54) is 5.56 Å². The predicted octanol–water partition coefficient (Wildman–Crippen LogP) is 2.68. The molecule has 3 rings (SSSR count). The van der Waals surface area contributed by atoms with Crippen molar-refractivity contribution in [3.8, 4) is 0 Å². The summed E-state index contributed by atoms with van der Waals surface area (Å²) in [6, 6.07) is 10.2. The summed E-state index contributed by atoms with van der Waals surface area (Å²) in [5.41, 5.74) is 1.20. The minimum Gasteiger partial charge on any atom is -0.346 e. The summed E-state index contributed by atoms with van der Waals surface area (Å²) in [5, 5.41) is 0. The van der Waals surface area contributed by atoms with Crippen molar-refractivity contribution in [1.82, 2.24) is 0 Å². The van der Waals surface area contributed by atoms with E-state index in [0.717, 1.165) is 6.42 Å². The normalized spacial score (nSPS) is 38.1. The number of hydrogen-bond donors (Lipinski definition) is 0. The van der Waals surface area contributed by atoms with Gasteiger partial charge in [0, 0.05) is 12.3 Å². The Morgan fingerprint density at radius 1 is 1.33 bits per heavy atom. The van der Waals surface area contributed by atoms with Crippen LogP contribution in [-0.4, -0.2) is 12.4 Å². The highest BCUT2D eigenvalue weighted by Gasteiger charge is 2.60. The average molecular weight is 202 g/mol. The number of ether oxygens (including phenoxy) is 2. The summed E-state index contributed by atoms with van der Waals surface area (Å²) in [7, 11) is 0. The first-order chi connectivity index (χ1) is 7.34. The van der Waals surface area contributed by atoms with E-state index in [0.29, 0.717) is 12.5 Å². The lowest BCUT2D eigenvalue weighted by Crippen LogP contribution is -2.11. The van der Waals surface area contributed by atoms with E-state index < -0.39 is 0 Å². The van der Waals surface area contributed by atoms with Gasteiger partial charge in [0.15, 0.2) is 5.79 Å².